The van der Waals surface area contributed by atoms with E-state index < -0.39 is 25.7 Å². The van der Waals surface area contributed by atoms with Crippen molar-refractivity contribution in [2.75, 3.05) is 0 Å². The van der Waals surface area contributed by atoms with Gasteiger partial charge < -0.3 is 0 Å². The van der Waals surface area contributed by atoms with Crippen LogP contribution in [0.4, 0.5) is 0 Å². The predicted molar refractivity (Wildman–Crippen MR) is 263 cm³/mol. The van der Waals surface area contributed by atoms with Gasteiger partial charge in [-0.1, -0.05) is 0 Å². The van der Waals surface area contributed by atoms with Gasteiger partial charge in [0.1, 0.15) is 0 Å². The van der Waals surface area contributed by atoms with E-state index in [9.17, 15) is 17.2 Å². The summed E-state index contributed by atoms with van der Waals surface area (Å²) in [4.78, 5) is 0. The average molecular weight is 1010 g/mol. The molecule has 4 heteroatoms. The van der Waals surface area contributed by atoms with Gasteiger partial charge in [-0.25, -0.2) is 0 Å². The van der Waals surface area contributed by atoms with Gasteiger partial charge in [0.25, 0.3) is 0 Å². The molecule has 4 unspecified atom stereocenters. The topological polar surface area (TPSA) is 0 Å². The van der Waals surface area contributed by atoms with Crippen LogP contribution in [0.25, 0.3) is 45.5 Å². The quantitative estimate of drug-likeness (QED) is 0.113. The average Bonchev–Trinajstić information content (AvgIpc) is 3.99. The molecule has 1 heterocycles. The Labute approximate surface area is 370 Å². The van der Waals surface area contributed by atoms with E-state index in [1.165, 1.54) is 91.6 Å². The summed E-state index contributed by atoms with van der Waals surface area (Å²) in [7, 11) is 18.0. The van der Waals surface area contributed by atoms with Gasteiger partial charge in [-0.05, 0) is 0 Å². The summed E-state index contributed by atoms with van der Waals surface area (Å²) in [6, 6.07) is 48.3. The van der Waals surface area contributed by atoms with Gasteiger partial charge in [0.2, 0.25) is 0 Å². The first-order valence-corrected chi connectivity index (χ1v) is 38.8. The fourth-order valence-electron chi connectivity index (χ4n) is 11.4. The zero-order valence-corrected chi connectivity index (χ0v) is 43.1. The Morgan fingerprint density at radius 3 is 1.38 bits per heavy atom. The number of hydrogen-bond donors (Lipinski definition) is 0. The van der Waals surface area contributed by atoms with Gasteiger partial charge in [-0.2, -0.15) is 0 Å². The van der Waals surface area contributed by atoms with E-state index >= 15 is 0 Å². The minimum absolute atomic E-state index is 0.102. The Balaban J connectivity index is 1.37. The maximum atomic E-state index is 9.42. The van der Waals surface area contributed by atoms with Crippen molar-refractivity contribution in [1.82, 2.24) is 0 Å². The van der Waals surface area contributed by atoms with Gasteiger partial charge in [0.15, 0.2) is 0 Å². The molecule has 0 aromatic heterocycles. The van der Waals surface area contributed by atoms with Crippen LogP contribution in [0.2, 0.25) is 0 Å². The van der Waals surface area contributed by atoms with Crippen molar-refractivity contribution in [3.05, 3.63) is 172 Å². The second kappa shape index (κ2) is 16.0. The standard InChI is InChI=1S/2C22H25.C12H9Si.2ClH.Hf/c2*1-5-16(4)19-10-6-7-11-20(19)21-12-8-9-17-13-18(15(2)3)14-22(17)21;1-3-7-11-9(5-1)10-6-2-4-8-12(10)13-11;;;/h2*6-16H,5H2,1-4H3;1-7H,13H2;2*1H;/q;;;;;+2/p-2. The molecule has 0 N–H and O–H groups in total. The minimum atomic E-state index is -5.86. The number of benzene rings is 6. The second-order valence-electron chi connectivity index (χ2n) is 18.7. The molecule has 0 fully saturated rings. The first kappa shape index (κ1) is 41.8. The van der Waals surface area contributed by atoms with Gasteiger partial charge in [-0.3, -0.25) is 0 Å². The van der Waals surface area contributed by atoms with E-state index in [0.29, 0.717) is 11.8 Å². The van der Waals surface area contributed by atoms with Gasteiger partial charge in [0, 0.05) is 0 Å². The van der Waals surface area contributed by atoms with Crippen LogP contribution in [0.15, 0.2) is 139 Å². The molecular weight excluding hydrogens is 950 g/mol. The maximum absolute atomic E-state index is 9.42. The summed E-state index contributed by atoms with van der Waals surface area (Å²) in [5.41, 5.74) is 18.8. The summed E-state index contributed by atoms with van der Waals surface area (Å²) in [5.74, 6) is 1.39. The van der Waals surface area contributed by atoms with Crippen molar-refractivity contribution in [2.24, 2.45) is 11.8 Å². The summed E-state index contributed by atoms with van der Waals surface area (Å²) in [6.07, 6.45) is 7.26. The molecule has 0 nitrogen and oxygen atoms in total. The second-order valence-corrected chi connectivity index (χ2v) is 49.8. The first-order chi connectivity index (χ1) is 28.9. The van der Waals surface area contributed by atoms with E-state index in [1.807, 2.05) is 0 Å². The summed E-state index contributed by atoms with van der Waals surface area (Å²) in [5, 5.41) is 2.97. The third kappa shape index (κ3) is 6.44. The van der Waals surface area contributed by atoms with Crippen LogP contribution < -0.4 is 13.7 Å². The molecule has 1 aliphatic heterocycles. The Kier molecular flexibility index (Phi) is 11.1. The van der Waals surface area contributed by atoms with Crippen LogP contribution in [-0.2, 0) is 16.1 Å². The fourth-order valence-corrected chi connectivity index (χ4v) is 50.9. The summed E-state index contributed by atoms with van der Waals surface area (Å²) >= 11 is -5.86. The fraction of sp³-hybridized carbons (Fsp3) is 0.286. The molecule has 4 atom stereocenters. The number of halogens is 2. The van der Waals surface area contributed by atoms with Crippen LogP contribution in [0, 0.1) is 11.8 Å². The van der Waals surface area contributed by atoms with Crippen LogP contribution in [0.5, 0.6) is 0 Å². The molecule has 0 bridgehead atoms. The molecule has 305 valence electrons. The Morgan fingerprint density at radius 2 is 0.900 bits per heavy atom. The van der Waals surface area contributed by atoms with E-state index in [0.717, 1.165) is 12.8 Å². The van der Waals surface area contributed by atoms with E-state index in [1.54, 1.807) is 0 Å². The SMILES string of the molecule is CCC(C)c1ccccc1-c1cccc2c1C=C(C(C)C)[CH]2[Hf]([Cl])([Cl])([c]1cccc2c1[SiH2]c1ccccc1-2)[CH]1C(C(C)C)=Cc2c(-c3ccccc3C(C)CC)cccc21. The molecular formula is C56H59Cl2HfSi. The third-order valence-corrected chi connectivity index (χ3v) is 46.2. The van der Waals surface area contributed by atoms with Crippen molar-refractivity contribution in [3.8, 4) is 33.4 Å². The molecule has 0 radical (unpaired) electrons. The Bertz CT molecular complexity index is 2580. The van der Waals surface area contributed by atoms with Crippen molar-refractivity contribution in [3.63, 3.8) is 0 Å². The van der Waals surface area contributed by atoms with Crippen molar-refractivity contribution in [1.29, 1.82) is 0 Å². The molecule has 0 saturated heterocycles. The van der Waals surface area contributed by atoms with Gasteiger partial charge in [-0.15, -0.1) is 0 Å². The van der Waals surface area contributed by atoms with Crippen LogP contribution in [0.3, 0.4) is 0 Å². The number of fused-ring (bicyclic) bond motifs is 5. The molecule has 9 rings (SSSR count). The normalized spacial score (nSPS) is 18.7. The van der Waals surface area contributed by atoms with E-state index in [2.05, 4.69) is 195 Å². The van der Waals surface area contributed by atoms with Crippen LogP contribution in [-0.4, -0.2) is 9.52 Å². The molecule has 2 aliphatic carbocycles. The number of hydrogen-bond acceptors (Lipinski definition) is 0. The molecule has 0 amide bonds. The van der Waals surface area contributed by atoms with Crippen molar-refractivity contribution >= 4 is 52.5 Å². The predicted octanol–water partition coefficient (Wildman–Crippen LogP) is 14.4. The van der Waals surface area contributed by atoms with Crippen LogP contribution in [0.1, 0.15) is 121 Å². The van der Waals surface area contributed by atoms with Gasteiger partial charge in [0.05, 0.1) is 0 Å². The first-order valence-electron chi connectivity index (χ1n) is 22.5. The Hall–Kier alpha value is -3.53. The summed E-state index contributed by atoms with van der Waals surface area (Å²) < 4.78 is 1.10. The van der Waals surface area contributed by atoms with Crippen molar-refractivity contribution < 1.29 is 16.1 Å². The molecule has 6 aromatic rings. The Morgan fingerprint density at radius 1 is 0.483 bits per heavy atom. The number of rotatable bonds is 11. The zero-order valence-electron chi connectivity index (χ0n) is 36.6. The third-order valence-electron chi connectivity index (χ3n) is 14.7. The molecule has 0 saturated carbocycles. The van der Waals surface area contributed by atoms with E-state index in [-0.39, 0.29) is 19.2 Å². The van der Waals surface area contributed by atoms with Crippen molar-refractivity contribution in [2.45, 2.75) is 87.4 Å². The van der Waals surface area contributed by atoms with E-state index in [4.69, 9.17) is 0 Å². The monoisotopic (exact) mass is 1010 g/mol. The molecule has 6 aromatic carbocycles. The van der Waals surface area contributed by atoms with Gasteiger partial charge >= 0.3 is 373 Å². The van der Waals surface area contributed by atoms with Crippen LogP contribution >= 0.6 is 17.2 Å². The molecule has 3 aliphatic rings. The zero-order chi connectivity index (χ0) is 42.1. The number of allylic oxidation sites excluding steroid dienone is 2. The molecule has 0 spiro atoms. The summed E-state index contributed by atoms with van der Waals surface area (Å²) in [6.45, 7) is 18.8. The molecule has 60 heavy (non-hydrogen) atoms.